The third-order valence-corrected chi connectivity index (χ3v) is 4.43. The number of rotatable bonds is 8. The zero-order chi connectivity index (χ0) is 12.4. The molecule has 0 aromatic carbocycles. The van der Waals surface area contributed by atoms with Gasteiger partial charge in [-0.25, -0.2) is 0 Å². The molecule has 0 aliphatic heterocycles. The molecule has 1 aliphatic rings. The SMILES string of the molecule is OCCCSCCNCC1(O)CCCCCC1. The highest BCUT2D eigenvalue weighted by Crippen LogP contribution is 2.26. The van der Waals surface area contributed by atoms with Crippen LogP contribution in [0.25, 0.3) is 0 Å². The van der Waals surface area contributed by atoms with Crippen LogP contribution in [0, 0.1) is 0 Å². The monoisotopic (exact) mass is 261 g/mol. The van der Waals surface area contributed by atoms with E-state index in [-0.39, 0.29) is 0 Å². The van der Waals surface area contributed by atoms with Gasteiger partial charge in [-0.05, 0) is 25.0 Å². The van der Waals surface area contributed by atoms with Crippen LogP contribution >= 0.6 is 11.8 Å². The first-order valence-electron chi connectivity index (χ1n) is 6.88. The molecule has 0 heterocycles. The molecule has 4 heteroatoms. The van der Waals surface area contributed by atoms with E-state index in [0.29, 0.717) is 6.61 Å². The zero-order valence-corrected chi connectivity index (χ0v) is 11.6. The highest BCUT2D eigenvalue weighted by molar-refractivity contribution is 7.99. The van der Waals surface area contributed by atoms with E-state index < -0.39 is 5.60 Å². The van der Waals surface area contributed by atoms with Gasteiger partial charge in [0.1, 0.15) is 0 Å². The Balaban J connectivity index is 2.00. The topological polar surface area (TPSA) is 52.5 Å². The molecule has 0 spiro atoms. The van der Waals surface area contributed by atoms with Crippen LogP contribution in [0.1, 0.15) is 44.9 Å². The average Bonchev–Trinajstić information content (AvgIpc) is 2.53. The molecule has 1 rings (SSSR count). The smallest absolute Gasteiger partial charge is 0.0771 e. The predicted molar refractivity (Wildman–Crippen MR) is 74.5 cm³/mol. The molecule has 0 bridgehead atoms. The lowest BCUT2D eigenvalue weighted by atomic mass is 9.94. The second-order valence-corrected chi connectivity index (χ2v) is 6.23. The minimum absolute atomic E-state index is 0.292. The molecule has 17 heavy (non-hydrogen) atoms. The first kappa shape index (κ1) is 15.3. The maximum absolute atomic E-state index is 10.4. The Bertz CT molecular complexity index is 182. The van der Waals surface area contributed by atoms with E-state index in [9.17, 15) is 5.11 Å². The Hall–Kier alpha value is 0.230. The van der Waals surface area contributed by atoms with E-state index in [2.05, 4.69) is 5.32 Å². The van der Waals surface area contributed by atoms with Crippen LogP contribution in [0.3, 0.4) is 0 Å². The van der Waals surface area contributed by atoms with Gasteiger partial charge in [0.05, 0.1) is 5.60 Å². The number of aliphatic hydroxyl groups is 2. The van der Waals surface area contributed by atoms with E-state index in [1.165, 1.54) is 25.7 Å². The van der Waals surface area contributed by atoms with Crippen molar-refractivity contribution in [1.82, 2.24) is 5.32 Å². The van der Waals surface area contributed by atoms with Gasteiger partial charge >= 0.3 is 0 Å². The van der Waals surface area contributed by atoms with Crippen molar-refractivity contribution in [1.29, 1.82) is 0 Å². The zero-order valence-electron chi connectivity index (χ0n) is 10.8. The number of aliphatic hydroxyl groups excluding tert-OH is 1. The van der Waals surface area contributed by atoms with Crippen molar-refractivity contribution in [3.63, 3.8) is 0 Å². The van der Waals surface area contributed by atoms with Crippen molar-refractivity contribution in [2.75, 3.05) is 31.2 Å². The summed E-state index contributed by atoms with van der Waals surface area (Å²) in [4.78, 5) is 0. The largest absolute Gasteiger partial charge is 0.396 e. The van der Waals surface area contributed by atoms with Crippen molar-refractivity contribution < 1.29 is 10.2 Å². The normalized spacial score (nSPS) is 20.1. The maximum Gasteiger partial charge on any atom is 0.0771 e. The summed E-state index contributed by atoms with van der Waals surface area (Å²) in [5.74, 6) is 2.10. The molecule has 102 valence electrons. The molecule has 1 saturated carbocycles. The molecule has 3 N–H and O–H groups in total. The van der Waals surface area contributed by atoms with E-state index in [1.54, 1.807) is 0 Å². The summed E-state index contributed by atoms with van der Waals surface area (Å²) in [5, 5.41) is 22.4. The van der Waals surface area contributed by atoms with E-state index in [0.717, 1.165) is 43.9 Å². The minimum atomic E-state index is -0.452. The molecule has 1 aliphatic carbocycles. The maximum atomic E-state index is 10.4. The number of thioether (sulfide) groups is 1. The van der Waals surface area contributed by atoms with Gasteiger partial charge in [0.25, 0.3) is 0 Å². The van der Waals surface area contributed by atoms with Gasteiger partial charge in [0, 0.05) is 25.4 Å². The Morgan fingerprint density at radius 2 is 1.76 bits per heavy atom. The Labute approximate surface area is 109 Å². The minimum Gasteiger partial charge on any atom is -0.396 e. The fraction of sp³-hybridized carbons (Fsp3) is 1.00. The summed E-state index contributed by atoms with van der Waals surface area (Å²) < 4.78 is 0. The van der Waals surface area contributed by atoms with Crippen LogP contribution in [-0.2, 0) is 0 Å². The van der Waals surface area contributed by atoms with E-state index >= 15 is 0 Å². The molecule has 1 fully saturated rings. The van der Waals surface area contributed by atoms with Crippen molar-refractivity contribution in [3.8, 4) is 0 Å². The lowest BCUT2D eigenvalue weighted by Gasteiger charge is -2.26. The Morgan fingerprint density at radius 1 is 1.06 bits per heavy atom. The predicted octanol–water partition coefficient (Wildman–Crippen LogP) is 1.78. The molecule has 0 unspecified atom stereocenters. The van der Waals surface area contributed by atoms with Gasteiger partial charge < -0.3 is 15.5 Å². The molecule has 0 aromatic heterocycles. The van der Waals surface area contributed by atoms with Gasteiger partial charge in [0.15, 0.2) is 0 Å². The van der Waals surface area contributed by atoms with Crippen molar-refractivity contribution in [2.24, 2.45) is 0 Å². The second kappa shape index (κ2) is 9.20. The first-order chi connectivity index (χ1) is 8.27. The van der Waals surface area contributed by atoms with Crippen LogP contribution in [0.5, 0.6) is 0 Å². The molecular weight excluding hydrogens is 234 g/mol. The molecule has 3 nitrogen and oxygen atoms in total. The lowest BCUT2D eigenvalue weighted by Crippen LogP contribution is -2.40. The molecule has 0 radical (unpaired) electrons. The third-order valence-electron chi connectivity index (χ3n) is 3.36. The summed E-state index contributed by atoms with van der Waals surface area (Å²) in [6, 6.07) is 0. The molecule has 0 saturated heterocycles. The fourth-order valence-electron chi connectivity index (χ4n) is 2.30. The number of hydrogen-bond acceptors (Lipinski definition) is 4. The number of hydrogen-bond donors (Lipinski definition) is 3. The standard InChI is InChI=1S/C13H27NO2S/c15-9-5-10-17-11-8-14-12-13(16)6-3-1-2-4-7-13/h14-16H,1-12H2. The average molecular weight is 261 g/mol. The Morgan fingerprint density at radius 3 is 2.41 bits per heavy atom. The summed E-state index contributed by atoms with van der Waals surface area (Å²) in [5.41, 5.74) is -0.452. The van der Waals surface area contributed by atoms with Gasteiger partial charge in [0.2, 0.25) is 0 Å². The second-order valence-electron chi connectivity index (χ2n) is 5.00. The highest BCUT2D eigenvalue weighted by atomic mass is 32.2. The van der Waals surface area contributed by atoms with Crippen LogP contribution in [0.4, 0.5) is 0 Å². The van der Waals surface area contributed by atoms with Gasteiger partial charge in [-0.1, -0.05) is 25.7 Å². The van der Waals surface area contributed by atoms with Crippen LogP contribution in [-0.4, -0.2) is 47.0 Å². The highest BCUT2D eigenvalue weighted by Gasteiger charge is 2.26. The summed E-state index contributed by atoms with van der Waals surface area (Å²) >= 11 is 1.86. The lowest BCUT2D eigenvalue weighted by molar-refractivity contribution is 0.0259. The molecule has 0 aromatic rings. The van der Waals surface area contributed by atoms with Crippen molar-refractivity contribution >= 4 is 11.8 Å². The van der Waals surface area contributed by atoms with E-state index in [4.69, 9.17) is 5.11 Å². The molecule has 0 atom stereocenters. The van der Waals surface area contributed by atoms with Gasteiger partial charge in [-0.15, -0.1) is 0 Å². The quantitative estimate of drug-likeness (QED) is 0.460. The van der Waals surface area contributed by atoms with Crippen molar-refractivity contribution in [2.45, 2.75) is 50.5 Å². The first-order valence-corrected chi connectivity index (χ1v) is 8.04. The van der Waals surface area contributed by atoms with E-state index in [1.807, 2.05) is 11.8 Å². The Kier molecular flexibility index (Phi) is 8.27. The molecule has 0 amide bonds. The molecular formula is C13H27NO2S. The fourth-order valence-corrected chi connectivity index (χ4v) is 3.12. The van der Waals surface area contributed by atoms with Crippen LogP contribution < -0.4 is 5.32 Å². The van der Waals surface area contributed by atoms with Crippen molar-refractivity contribution in [3.05, 3.63) is 0 Å². The van der Waals surface area contributed by atoms with Gasteiger partial charge in [-0.3, -0.25) is 0 Å². The number of nitrogens with one attached hydrogen (secondary N) is 1. The van der Waals surface area contributed by atoms with Crippen LogP contribution in [0.15, 0.2) is 0 Å². The summed E-state index contributed by atoms with van der Waals surface area (Å²) in [6.07, 6.45) is 7.69. The summed E-state index contributed by atoms with van der Waals surface area (Å²) in [7, 11) is 0. The summed E-state index contributed by atoms with van der Waals surface area (Å²) in [6.45, 7) is 1.99. The van der Waals surface area contributed by atoms with Crippen LogP contribution in [0.2, 0.25) is 0 Å². The van der Waals surface area contributed by atoms with Gasteiger partial charge in [-0.2, -0.15) is 11.8 Å². The third kappa shape index (κ3) is 7.29.